The highest BCUT2D eigenvalue weighted by atomic mass is 19.1. The Morgan fingerprint density at radius 2 is 1.92 bits per heavy atom. The summed E-state index contributed by atoms with van der Waals surface area (Å²) in [4.78, 5) is 20.2. The minimum Gasteiger partial charge on any atom is -0.368 e. The lowest BCUT2D eigenvalue weighted by molar-refractivity contribution is 0.0977. The van der Waals surface area contributed by atoms with Gasteiger partial charge >= 0.3 is 0 Å². The van der Waals surface area contributed by atoms with Crippen molar-refractivity contribution in [1.82, 2.24) is 4.98 Å². The van der Waals surface area contributed by atoms with Crippen LogP contribution in [0.5, 0.6) is 0 Å². The first-order valence-electron chi connectivity index (χ1n) is 8.10. The van der Waals surface area contributed by atoms with Gasteiger partial charge in [-0.2, -0.15) is 0 Å². The van der Waals surface area contributed by atoms with Crippen LogP contribution in [0.15, 0.2) is 36.5 Å². The Bertz CT molecular complexity index is 792. The molecule has 0 bridgehead atoms. The second-order valence-corrected chi connectivity index (χ2v) is 6.32. The highest BCUT2D eigenvalue weighted by Crippen LogP contribution is 2.37. The zero-order chi connectivity index (χ0) is 16.7. The molecule has 0 atom stereocenters. The van der Waals surface area contributed by atoms with E-state index in [1.807, 2.05) is 24.3 Å². The van der Waals surface area contributed by atoms with Crippen LogP contribution in [0.25, 0.3) is 0 Å². The van der Waals surface area contributed by atoms with Crippen LogP contribution < -0.4 is 9.80 Å². The highest BCUT2D eigenvalue weighted by molar-refractivity contribution is 6.07. The zero-order valence-electron chi connectivity index (χ0n) is 13.1. The molecule has 1 aromatic heterocycles. The molecule has 1 fully saturated rings. The van der Waals surface area contributed by atoms with Gasteiger partial charge in [-0.15, -0.1) is 0 Å². The van der Waals surface area contributed by atoms with E-state index in [0.717, 1.165) is 30.0 Å². The number of halogens is 2. The van der Waals surface area contributed by atoms with E-state index in [-0.39, 0.29) is 5.69 Å². The molecule has 0 spiro atoms. The molecule has 0 radical (unpaired) electrons. The number of carbonyl (C=O) groups excluding carboxylic acids is 1. The number of pyridine rings is 1. The van der Waals surface area contributed by atoms with E-state index < -0.39 is 17.5 Å². The lowest BCUT2D eigenvalue weighted by atomic mass is 10.1. The number of carbonyl (C=O) groups is 1. The van der Waals surface area contributed by atoms with Crippen molar-refractivity contribution in [2.45, 2.75) is 12.8 Å². The molecule has 2 heterocycles. The Kier molecular flexibility index (Phi) is 3.67. The third-order valence-electron chi connectivity index (χ3n) is 4.54. The molecule has 124 valence electrons. The van der Waals surface area contributed by atoms with Gasteiger partial charge in [-0.25, -0.2) is 13.8 Å². The number of rotatable bonds is 3. The molecule has 1 aromatic carbocycles. The minimum absolute atomic E-state index is 0.346. The summed E-state index contributed by atoms with van der Waals surface area (Å²) in [5.74, 6) is -1.53. The molecule has 2 aromatic rings. The van der Waals surface area contributed by atoms with Crippen LogP contribution in [-0.2, 0) is 0 Å². The van der Waals surface area contributed by atoms with E-state index in [0.29, 0.717) is 19.2 Å². The molecule has 24 heavy (non-hydrogen) atoms. The Hall–Kier alpha value is -2.50. The molecule has 0 N–H and O–H groups in total. The van der Waals surface area contributed by atoms with Crippen molar-refractivity contribution in [3.63, 3.8) is 0 Å². The SMILES string of the molecule is O=C(c1ncc(F)cc1F)N1CCN(CC2CC2)c2ccccc21. The van der Waals surface area contributed by atoms with Gasteiger partial charge in [0.25, 0.3) is 5.91 Å². The molecule has 0 saturated heterocycles. The fourth-order valence-electron chi connectivity index (χ4n) is 3.13. The van der Waals surface area contributed by atoms with Crippen molar-refractivity contribution in [3.8, 4) is 0 Å². The van der Waals surface area contributed by atoms with Crippen LogP contribution >= 0.6 is 0 Å². The first-order valence-corrected chi connectivity index (χ1v) is 8.10. The first-order chi connectivity index (χ1) is 11.6. The first kappa shape index (κ1) is 15.1. The summed E-state index contributed by atoms with van der Waals surface area (Å²) >= 11 is 0. The lowest BCUT2D eigenvalue weighted by Gasteiger charge is -2.37. The van der Waals surface area contributed by atoms with Gasteiger partial charge in [0.2, 0.25) is 0 Å². The molecule has 4 nitrogen and oxygen atoms in total. The highest BCUT2D eigenvalue weighted by Gasteiger charge is 2.32. The topological polar surface area (TPSA) is 36.4 Å². The summed E-state index contributed by atoms with van der Waals surface area (Å²) in [6.45, 7) is 2.14. The van der Waals surface area contributed by atoms with E-state index in [1.54, 1.807) is 0 Å². The Labute approximate surface area is 138 Å². The van der Waals surface area contributed by atoms with Gasteiger partial charge in [-0.1, -0.05) is 12.1 Å². The van der Waals surface area contributed by atoms with Crippen molar-refractivity contribution >= 4 is 17.3 Å². The molecule has 2 aliphatic rings. The summed E-state index contributed by atoms with van der Waals surface area (Å²) in [7, 11) is 0. The molecule has 1 saturated carbocycles. The maximum Gasteiger partial charge on any atom is 0.280 e. The number of fused-ring (bicyclic) bond motifs is 1. The summed E-state index contributed by atoms with van der Waals surface area (Å²) in [6, 6.07) is 8.31. The van der Waals surface area contributed by atoms with Crippen LogP contribution in [0.4, 0.5) is 20.2 Å². The number of hydrogen-bond donors (Lipinski definition) is 0. The second kappa shape index (κ2) is 5.85. The number of amides is 1. The van der Waals surface area contributed by atoms with Crippen molar-refractivity contribution in [2.75, 3.05) is 29.4 Å². The van der Waals surface area contributed by atoms with Gasteiger partial charge in [0.1, 0.15) is 5.82 Å². The number of aromatic nitrogens is 1. The molecule has 1 aliphatic heterocycles. The Morgan fingerprint density at radius 3 is 2.62 bits per heavy atom. The number of hydrogen-bond acceptors (Lipinski definition) is 3. The average Bonchev–Trinajstić information content (AvgIpc) is 3.39. The lowest BCUT2D eigenvalue weighted by Crippen LogP contribution is -2.45. The molecule has 0 unspecified atom stereocenters. The van der Waals surface area contributed by atoms with E-state index in [2.05, 4.69) is 9.88 Å². The second-order valence-electron chi connectivity index (χ2n) is 6.32. The van der Waals surface area contributed by atoms with Crippen LogP contribution in [0.2, 0.25) is 0 Å². The molecule has 6 heteroatoms. The van der Waals surface area contributed by atoms with Gasteiger partial charge in [-0.05, 0) is 30.9 Å². The van der Waals surface area contributed by atoms with Gasteiger partial charge < -0.3 is 9.80 Å². The van der Waals surface area contributed by atoms with E-state index in [1.165, 1.54) is 17.7 Å². The Morgan fingerprint density at radius 1 is 1.17 bits per heavy atom. The molecular weight excluding hydrogens is 312 g/mol. The van der Waals surface area contributed by atoms with Gasteiger partial charge in [-0.3, -0.25) is 4.79 Å². The molecule has 4 rings (SSSR count). The van der Waals surface area contributed by atoms with E-state index >= 15 is 0 Å². The fraction of sp³-hybridized carbons (Fsp3) is 0.333. The van der Waals surface area contributed by atoms with Crippen LogP contribution in [0.3, 0.4) is 0 Å². The number of anilines is 2. The van der Waals surface area contributed by atoms with Crippen LogP contribution in [0.1, 0.15) is 23.3 Å². The molecule has 1 amide bonds. The maximum atomic E-state index is 13.9. The Balaban J connectivity index is 1.66. The van der Waals surface area contributed by atoms with Crippen molar-refractivity contribution in [2.24, 2.45) is 5.92 Å². The third-order valence-corrected chi connectivity index (χ3v) is 4.54. The molecular formula is C18H17F2N3O. The predicted molar refractivity (Wildman–Crippen MR) is 87.2 cm³/mol. The van der Waals surface area contributed by atoms with Crippen molar-refractivity contribution in [3.05, 3.63) is 53.9 Å². The van der Waals surface area contributed by atoms with Crippen molar-refractivity contribution < 1.29 is 13.6 Å². The standard InChI is InChI=1S/C18H17F2N3O/c19-13-9-14(20)17(21-10-13)18(24)23-8-7-22(11-12-5-6-12)15-3-1-2-4-16(15)23/h1-4,9-10,12H,5-8,11H2. The van der Waals surface area contributed by atoms with Crippen molar-refractivity contribution in [1.29, 1.82) is 0 Å². The number of para-hydroxylation sites is 2. The fourth-order valence-corrected chi connectivity index (χ4v) is 3.13. The smallest absolute Gasteiger partial charge is 0.280 e. The number of benzene rings is 1. The zero-order valence-corrected chi connectivity index (χ0v) is 13.1. The quantitative estimate of drug-likeness (QED) is 0.867. The normalized spacial score (nSPS) is 16.9. The van der Waals surface area contributed by atoms with Gasteiger partial charge in [0.05, 0.1) is 17.6 Å². The van der Waals surface area contributed by atoms with Gasteiger partial charge in [0.15, 0.2) is 11.5 Å². The van der Waals surface area contributed by atoms with E-state index in [4.69, 9.17) is 0 Å². The molecule has 1 aliphatic carbocycles. The predicted octanol–water partition coefficient (Wildman–Crippen LogP) is 3.24. The monoisotopic (exact) mass is 329 g/mol. The number of nitrogens with zero attached hydrogens (tertiary/aromatic N) is 3. The average molecular weight is 329 g/mol. The van der Waals surface area contributed by atoms with Crippen LogP contribution in [0, 0.1) is 17.6 Å². The summed E-state index contributed by atoms with van der Waals surface area (Å²) in [5, 5.41) is 0. The summed E-state index contributed by atoms with van der Waals surface area (Å²) in [6.07, 6.45) is 3.38. The third kappa shape index (κ3) is 2.72. The minimum atomic E-state index is -0.933. The van der Waals surface area contributed by atoms with Gasteiger partial charge in [0, 0.05) is 25.7 Å². The summed E-state index contributed by atoms with van der Waals surface area (Å²) < 4.78 is 27.0. The summed E-state index contributed by atoms with van der Waals surface area (Å²) in [5.41, 5.74) is 1.38. The maximum absolute atomic E-state index is 13.9. The largest absolute Gasteiger partial charge is 0.368 e. The van der Waals surface area contributed by atoms with Crippen LogP contribution in [-0.4, -0.2) is 30.5 Å². The van der Waals surface area contributed by atoms with E-state index in [9.17, 15) is 13.6 Å².